The van der Waals surface area contributed by atoms with E-state index in [-0.39, 0.29) is 18.4 Å². The molecule has 0 bridgehead atoms. The number of amides is 4. The summed E-state index contributed by atoms with van der Waals surface area (Å²) in [7, 11) is 3.20. The summed E-state index contributed by atoms with van der Waals surface area (Å²) in [6, 6.07) is 6.78. The molecule has 0 atom stereocenters. The number of anilines is 1. The second-order valence-corrected chi connectivity index (χ2v) is 7.51. The van der Waals surface area contributed by atoms with E-state index >= 15 is 0 Å². The number of hydrogen-bond donors (Lipinski definition) is 3. The fraction of sp³-hybridized carbons (Fsp3) is 0.316. The summed E-state index contributed by atoms with van der Waals surface area (Å²) >= 11 is 1.05. The SMILES string of the molecule is CC(=O)Nc1nc(CCc2ccc(OC(N)=O)cc2)c(C(=O)NCC(=O)N(C)C)s1. The Hall–Kier alpha value is -3.47. The predicted octanol–water partition coefficient (Wildman–Crippen LogP) is 1.16. The maximum Gasteiger partial charge on any atom is 0.409 e. The molecule has 0 radical (unpaired) electrons. The molecule has 0 saturated heterocycles. The Kier molecular flexibility index (Phi) is 7.87. The van der Waals surface area contributed by atoms with E-state index in [0.717, 1.165) is 16.9 Å². The summed E-state index contributed by atoms with van der Waals surface area (Å²) in [5, 5.41) is 5.47. The Bertz CT molecular complexity index is 939. The van der Waals surface area contributed by atoms with Gasteiger partial charge < -0.3 is 26.0 Å². The molecule has 11 heteroatoms. The number of benzene rings is 1. The van der Waals surface area contributed by atoms with Crippen molar-refractivity contribution in [2.45, 2.75) is 19.8 Å². The van der Waals surface area contributed by atoms with E-state index in [9.17, 15) is 19.2 Å². The van der Waals surface area contributed by atoms with Gasteiger partial charge in [-0.05, 0) is 30.5 Å². The minimum absolute atomic E-state index is 0.139. The first-order valence-electron chi connectivity index (χ1n) is 8.97. The number of ether oxygens (including phenoxy) is 1. The number of nitrogens with one attached hydrogen (secondary N) is 2. The van der Waals surface area contributed by atoms with Crippen molar-refractivity contribution in [3.63, 3.8) is 0 Å². The smallest absolute Gasteiger partial charge is 0.409 e. The molecule has 2 aromatic rings. The average molecular weight is 433 g/mol. The highest BCUT2D eigenvalue weighted by molar-refractivity contribution is 7.17. The summed E-state index contributed by atoms with van der Waals surface area (Å²) in [5.74, 6) is -0.636. The number of nitrogens with zero attached hydrogens (tertiary/aromatic N) is 2. The van der Waals surface area contributed by atoms with Crippen LogP contribution in [0.4, 0.5) is 9.93 Å². The molecule has 0 spiro atoms. The highest BCUT2D eigenvalue weighted by Crippen LogP contribution is 2.25. The van der Waals surface area contributed by atoms with Crippen LogP contribution in [-0.2, 0) is 22.4 Å². The minimum atomic E-state index is -0.890. The van der Waals surface area contributed by atoms with Gasteiger partial charge in [0.1, 0.15) is 10.6 Å². The lowest BCUT2D eigenvalue weighted by Crippen LogP contribution is -2.36. The van der Waals surface area contributed by atoms with Crippen molar-refractivity contribution in [1.82, 2.24) is 15.2 Å². The van der Waals surface area contributed by atoms with Crippen LogP contribution < -0.4 is 21.1 Å². The topological polar surface area (TPSA) is 144 Å². The minimum Gasteiger partial charge on any atom is -0.411 e. The molecule has 0 aliphatic heterocycles. The molecule has 1 aromatic heterocycles. The van der Waals surface area contributed by atoms with Crippen molar-refractivity contribution in [3.8, 4) is 5.75 Å². The number of likely N-dealkylation sites (N-methyl/N-ethyl adjacent to an activating group) is 1. The first-order valence-corrected chi connectivity index (χ1v) is 9.79. The number of primary amides is 1. The van der Waals surface area contributed by atoms with Crippen molar-refractivity contribution < 1.29 is 23.9 Å². The molecule has 1 aromatic carbocycles. The summed E-state index contributed by atoms with van der Waals surface area (Å²) in [6.07, 6.45) is 0.0900. The van der Waals surface area contributed by atoms with Crippen LogP contribution in [0.15, 0.2) is 24.3 Å². The van der Waals surface area contributed by atoms with Gasteiger partial charge in [-0.3, -0.25) is 14.4 Å². The van der Waals surface area contributed by atoms with Gasteiger partial charge in [0.15, 0.2) is 5.13 Å². The number of nitrogens with two attached hydrogens (primary N) is 1. The van der Waals surface area contributed by atoms with Gasteiger partial charge in [-0.15, -0.1) is 0 Å². The van der Waals surface area contributed by atoms with E-state index in [1.54, 1.807) is 38.4 Å². The quantitative estimate of drug-likeness (QED) is 0.570. The van der Waals surface area contributed by atoms with Gasteiger partial charge in [0.05, 0.1) is 12.2 Å². The van der Waals surface area contributed by atoms with Crippen LogP contribution in [0.3, 0.4) is 0 Å². The van der Waals surface area contributed by atoms with Crippen molar-refractivity contribution in [2.75, 3.05) is 26.0 Å². The Morgan fingerprint density at radius 1 is 1.13 bits per heavy atom. The zero-order chi connectivity index (χ0) is 22.3. The number of thiazole rings is 1. The van der Waals surface area contributed by atoms with E-state index < -0.39 is 12.0 Å². The molecule has 0 aliphatic rings. The molecule has 0 aliphatic carbocycles. The molecule has 1 heterocycles. The molecule has 4 N–H and O–H groups in total. The maximum absolute atomic E-state index is 12.6. The lowest BCUT2D eigenvalue weighted by atomic mass is 10.1. The van der Waals surface area contributed by atoms with Crippen LogP contribution in [0.2, 0.25) is 0 Å². The zero-order valence-corrected chi connectivity index (χ0v) is 17.7. The molecular formula is C19H23N5O5S. The molecule has 0 unspecified atom stereocenters. The molecule has 0 saturated carbocycles. The second-order valence-electron chi connectivity index (χ2n) is 6.51. The number of aromatic nitrogens is 1. The van der Waals surface area contributed by atoms with E-state index in [1.165, 1.54) is 11.8 Å². The third kappa shape index (κ3) is 6.85. The molecule has 160 valence electrons. The monoisotopic (exact) mass is 433 g/mol. The number of rotatable bonds is 8. The van der Waals surface area contributed by atoms with Gasteiger partial charge in [0, 0.05) is 21.0 Å². The van der Waals surface area contributed by atoms with Gasteiger partial charge in [0.25, 0.3) is 5.91 Å². The number of carbonyl (C=O) groups is 4. The molecule has 4 amide bonds. The first-order chi connectivity index (χ1) is 14.2. The van der Waals surface area contributed by atoms with E-state index in [1.807, 2.05) is 0 Å². The number of carbonyl (C=O) groups excluding carboxylic acids is 4. The highest BCUT2D eigenvalue weighted by Gasteiger charge is 2.19. The normalized spacial score (nSPS) is 10.2. The van der Waals surface area contributed by atoms with Crippen LogP contribution in [-0.4, -0.2) is 54.3 Å². The number of hydrogen-bond acceptors (Lipinski definition) is 7. The van der Waals surface area contributed by atoms with Gasteiger partial charge in [0.2, 0.25) is 11.8 Å². The summed E-state index contributed by atoms with van der Waals surface area (Å²) < 4.78 is 4.79. The van der Waals surface area contributed by atoms with E-state index in [4.69, 9.17) is 10.5 Å². The van der Waals surface area contributed by atoms with Crippen LogP contribution in [0.5, 0.6) is 5.75 Å². The lowest BCUT2D eigenvalue weighted by Gasteiger charge is -2.10. The number of aryl methyl sites for hydroxylation is 2. The Balaban J connectivity index is 2.11. The summed E-state index contributed by atoms with van der Waals surface area (Å²) in [4.78, 5) is 52.5. The molecular weight excluding hydrogens is 410 g/mol. The average Bonchev–Trinajstić information content (AvgIpc) is 3.06. The Morgan fingerprint density at radius 3 is 2.37 bits per heavy atom. The Labute approximate surface area is 177 Å². The zero-order valence-electron chi connectivity index (χ0n) is 16.9. The van der Waals surface area contributed by atoms with Crippen molar-refractivity contribution in [2.24, 2.45) is 5.73 Å². The summed E-state index contributed by atoms with van der Waals surface area (Å²) in [5.41, 5.74) is 6.42. The second kappa shape index (κ2) is 10.3. The lowest BCUT2D eigenvalue weighted by molar-refractivity contribution is -0.127. The largest absolute Gasteiger partial charge is 0.411 e. The van der Waals surface area contributed by atoms with Gasteiger partial charge >= 0.3 is 6.09 Å². The van der Waals surface area contributed by atoms with E-state index in [0.29, 0.717) is 34.3 Å². The van der Waals surface area contributed by atoms with Crippen LogP contribution in [0.25, 0.3) is 0 Å². The third-order valence-electron chi connectivity index (χ3n) is 3.88. The maximum atomic E-state index is 12.6. The highest BCUT2D eigenvalue weighted by atomic mass is 32.1. The van der Waals surface area contributed by atoms with Crippen LogP contribution >= 0.6 is 11.3 Å². The first kappa shape index (κ1) is 22.8. The van der Waals surface area contributed by atoms with Crippen LogP contribution in [0.1, 0.15) is 27.9 Å². The standard InChI is InChI=1S/C19H23N5O5S/c1-11(25)22-19-23-14(16(30-19)17(27)21-10-15(26)24(2)3)9-6-12-4-7-13(8-5-12)29-18(20)28/h4-5,7-8H,6,9-10H2,1-3H3,(H2,20,28)(H,21,27)(H,22,23,25). The van der Waals surface area contributed by atoms with Gasteiger partial charge in [-0.1, -0.05) is 23.5 Å². The third-order valence-corrected chi connectivity index (χ3v) is 4.89. The summed E-state index contributed by atoms with van der Waals surface area (Å²) in [6.45, 7) is 1.21. The molecule has 10 nitrogen and oxygen atoms in total. The molecule has 0 fully saturated rings. The molecule has 30 heavy (non-hydrogen) atoms. The van der Waals surface area contributed by atoms with Crippen molar-refractivity contribution in [3.05, 3.63) is 40.4 Å². The predicted molar refractivity (Wildman–Crippen MR) is 112 cm³/mol. The molecule has 2 rings (SSSR count). The Morgan fingerprint density at radius 2 is 1.80 bits per heavy atom. The van der Waals surface area contributed by atoms with Gasteiger partial charge in [-0.25, -0.2) is 9.78 Å². The fourth-order valence-electron chi connectivity index (χ4n) is 2.40. The van der Waals surface area contributed by atoms with Crippen molar-refractivity contribution in [1.29, 1.82) is 0 Å². The van der Waals surface area contributed by atoms with Crippen molar-refractivity contribution >= 4 is 40.3 Å². The fourth-order valence-corrected chi connectivity index (χ4v) is 3.37. The van der Waals surface area contributed by atoms with E-state index in [2.05, 4.69) is 15.6 Å². The van der Waals surface area contributed by atoms with Crippen LogP contribution in [0, 0.1) is 0 Å². The van der Waals surface area contributed by atoms with Gasteiger partial charge in [-0.2, -0.15) is 0 Å².